The van der Waals surface area contributed by atoms with Crippen LogP contribution in [0.4, 0.5) is 0 Å². The van der Waals surface area contributed by atoms with Gasteiger partial charge in [-0.05, 0) is 55.1 Å². The lowest BCUT2D eigenvalue weighted by Crippen LogP contribution is -2.41. The highest BCUT2D eigenvalue weighted by Gasteiger charge is 2.16. The predicted octanol–water partition coefficient (Wildman–Crippen LogP) is 2.09. The standard InChI is InChI=1S/C20H41N7/c1-9-21-20(22-11-10-12-27(16(2)3)17(4)5)23-14-19(25(6)7)18-13-24-26(8)15-18/h13,15-17,19H,9-12,14H2,1-8H3,(H2,21,22,23). The van der Waals surface area contributed by atoms with E-state index >= 15 is 0 Å². The summed E-state index contributed by atoms with van der Waals surface area (Å²) in [5.74, 6) is 0.883. The number of hydrogen-bond acceptors (Lipinski definition) is 4. The number of aromatic nitrogens is 2. The van der Waals surface area contributed by atoms with Gasteiger partial charge in [0.25, 0.3) is 0 Å². The van der Waals surface area contributed by atoms with Crippen molar-refractivity contribution in [3.05, 3.63) is 18.0 Å². The fraction of sp³-hybridized carbons (Fsp3) is 0.800. The molecule has 27 heavy (non-hydrogen) atoms. The first-order valence-corrected chi connectivity index (χ1v) is 10.2. The summed E-state index contributed by atoms with van der Waals surface area (Å²) in [7, 11) is 6.11. The van der Waals surface area contributed by atoms with E-state index in [1.807, 2.05) is 17.9 Å². The maximum atomic E-state index is 4.81. The van der Waals surface area contributed by atoms with Crippen LogP contribution >= 0.6 is 0 Å². The van der Waals surface area contributed by atoms with E-state index in [9.17, 15) is 0 Å². The van der Waals surface area contributed by atoms with E-state index in [0.717, 1.165) is 32.0 Å². The third-order valence-electron chi connectivity index (χ3n) is 4.71. The Labute approximate surface area is 166 Å². The molecule has 0 aliphatic rings. The van der Waals surface area contributed by atoms with Gasteiger partial charge >= 0.3 is 0 Å². The molecule has 1 unspecified atom stereocenters. The van der Waals surface area contributed by atoms with E-state index in [1.54, 1.807) is 0 Å². The summed E-state index contributed by atoms with van der Waals surface area (Å²) < 4.78 is 1.84. The first-order valence-electron chi connectivity index (χ1n) is 10.2. The van der Waals surface area contributed by atoms with Crippen molar-refractivity contribution in [2.45, 2.75) is 59.2 Å². The molecule has 1 rings (SSSR count). The third-order valence-corrected chi connectivity index (χ3v) is 4.71. The van der Waals surface area contributed by atoms with Crippen LogP contribution in [0.2, 0.25) is 0 Å². The van der Waals surface area contributed by atoms with Crippen LogP contribution in [-0.4, -0.2) is 77.9 Å². The molecule has 7 nitrogen and oxygen atoms in total. The molecule has 2 N–H and O–H groups in total. The Morgan fingerprint density at radius 2 is 1.85 bits per heavy atom. The molecule has 0 saturated carbocycles. The molecule has 0 bridgehead atoms. The summed E-state index contributed by atoms with van der Waals surface area (Å²) in [6.45, 7) is 14.7. The van der Waals surface area contributed by atoms with Crippen molar-refractivity contribution in [1.29, 1.82) is 0 Å². The van der Waals surface area contributed by atoms with E-state index < -0.39 is 0 Å². The lowest BCUT2D eigenvalue weighted by Gasteiger charge is -2.30. The van der Waals surface area contributed by atoms with Gasteiger partial charge in [0.05, 0.1) is 18.8 Å². The second-order valence-electron chi connectivity index (χ2n) is 7.85. The molecular weight excluding hydrogens is 338 g/mol. The number of guanidine groups is 1. The van der Waals surface area contributed by atoms with Crippen LogP contribution in [-0.2, 0) is 7.05 Å². The highest BCUT2D eigenvalue weighted by Crippen LogP contribution is 2.17. The average molecular weight is 380 g/mol. The zero-order chi connectivity index (χ0) is 20.4. The van der Waals surface area contributed by atoms with Gasteiger partial charge in [-0.25, -0.2) is 0 Å². The molecule has 156 valence electrons. The molecule has 7 heteroatoms. The lowest BCUT2D eigenvalue weighted by atomic mass is 10.1. The van der Waals surface area contributed by atoms with Crippen LogP contribution in [0.15, 0.2) is 17.4 Å². The van der Waals surface area contributed by atoms with Crippen molar-refractivity contribution in [3.63, 3.8) is 0 Å². The Hall–Kier alpha value is -1.60. The Kier molecular flexibility index (Phi) is 10.4. The van der Waals surface area contributed by atoms with Gasteiger partial charge in [-0.2, -0.15) is 5.10 Å². The maximum Gasteiger partial charge on any atom is 0.191 e. The summed E-state index contributed by atoms with van der Waals surface area (Å²) in [6, 6.07) is 1.37. The summed E-state index contributed by atoms with van der Waals surface area (Å²) in [4.78, 5) is 9.52. The zero-order valence-electron chi connectivity index (χ0n) is 18.7. The minimum atomic E-state index is 0.214. The lowest BCUT2D eigenvalue weighted by molar-refractivity contribution is 0.173. The molecule has 0 saturated heterocycles. The molecule has 1 atom stereocenters. The Morgan fingerprint density at radius 1 is 1.19 bits per heavy atom. The number of nitrogens with one attached hydrogen (secondary N) is 2. The van der Waals surface area contributed by atoms with Crippen LogP contribution in [0.5, 0.6) is 0 Å². The van der Waals surface area contributed by atoms with Crippen molar-refractivity contribution < 1.29 is 0 Å². The number of likely N-dealkylation sites (N-methyl/N-ethyl adjacent to an activating group) is 1. The fourth-order valence-corrected chi connectivity index (χ4v) is 3.28. The molecule has 0 aliphatic heterocycles. The number of aliphatic imine (C=N–C) groups is 1. The van der Waals surface area contributed by atoms with Gasteiger partial charge in [0.15, 0.2) is 5.96 Å². The van der Waals surface area contributed by atoms with Crippen molar-refractivity contribution in [1.82, 2.24) is 30.2 Å². The van der Waals surface area contributed by atoms with Crippen molar-refractivity contribution in [2.75, 3.05) is 40.3 Å². The Morgan fingerprint density at radius 3 is 2.33 bits per heavy atom. The van der Waals surface area contributed by atoms with Crippen molar-refractivity contribution in [2.24, 2.45) is 12.0 Å². The highest BCUT2D eigenvalue weighted by molar-refractivity contribution is 5.79. The second kappa shape index (κ2) is 12.0. The molecule has 0 aromatic carbocycles. The van der Waals surface area contributed by atoms with Crippen LogP contribution in [0.25, 0.3) is 0 Å². The van der Waals surface area contributed by atoms with Crippen LogP contribution in [0.3, 0.4) is 0 Å². The van der Waals surface area contributed by atoms with E-state index in [0.29, 0.717) is 18.6 Å². The van der Waals surface area contributed by atoms with Gasteiger partial charge in [0.2, 0.25) is 0 Å². The molecule has 1 heterocycles. The minimum absolute atomic E-state index is 0.214. The largest absolute Gasteiger partial charge is 0.357 e. The van der Waals surface area contributed by atoms with Gasteiger partial charge in [0, 0.05) is 50.5 Å². The van der Waals surface area contributed by atoms with E-state index in [1.165, 1.54) is 5.56 Å². The maximum absolute atomic E-state index is 4.81. The number of rotatable bonds is 11. The number of nitrogens with zero attached hydrogens (tertiary/aromatic N) is 5. The van der Waals surface area contributed by atoms with Crippen LogP contribution in [0, 0.1) is 0 Å². The first kappa shape index (κ1) is 23.4. The molecule has 1 aromatic rings. The summed E-state index contributed by atoms with van der Waals surface area (Å²) in [5, 5.41) is 11.1. The second-order valence-corrected chi connectivity index (χ2v) is 7.85. The molecule has 0 fully saturated rings. The summed E-state index contributed by atoms with van der Waals surface area (Å²) in [5.41, 5.74) is 1.19. The molecule has 0 radical (unpaired) electrons. The van der Waals surface area contributed by atoms with Gasteiger partial charge in [-0.3, -0.25) is 14.6 Å². The van der Waals surface area contributed by atoms with Gasteiger partial charge < -0.3 is 15.5 Å². The Balaban J connectivity index is 2.60. The van der Waals surface area contributed by atoms with Crippen LogP contribution in [0.1, 0.15) is 52.6 Å². The van der Waals surface area contributed by atoms with E-state index in [-0.39, 0.29) is 6.04 Å². The Bertz CT molecular complexity index is 540. The SMILES string of the molecule is CCNC(=NCC(c1cnn(C)c1)N(C)C)NCCCN(C(C)C)C(C)C. The summed E-state index contributed by atoms with van der Waals surface area (Å²) >= 11 is 0. The van der Waals surface area contributed by atoms with E-state index in [2.05, 4.69) is 80.4 Å². The van der Waals surface area contributed by atoms with Crippen LogP contribution < -0.4 is 10.6 Å². The third kappa shape index (κ3) is 8.30. The topological polar surface area (TPSA) is 60.7 Å². The molecule has 0 aliphatic carbocycles. The number of aryl methyl sites for hydroxylation is 1. The quantitative estimate of drug-likeness (QED) is 0.350. The van der Waals surface area contributed by atoms with Gasteiger partial charge in [0.1, 0.15) is 0 Å². The molecule has 0 amide bonds. The summed E-state index contributed by atoms with van der Waals surface area (Å²) in [6.07, 6.45) is 5.08. The van der Waals surface area contributed by atoms with E-state index in [4.69, 9.17) is 4.99 Å². The monoisotopic (exact) mass is 379 g/mol. The normalized spacial score (nSPS) is 13.9. The highest BCUT2D eigenvalue weighted by atomic mass is 15.3. The molecule has 0 spiro atoms. The zero-order valence-corrected chi connectivity index (χ0v) is 18.7. The van der Waals surface area contributed by atoms with Gasteiger partial charge in [-0.15, -0.1) is 0 Å². The van der Waals surface area contributed by atoms with Crippen molar-refractivity contribution >= 4 is 5.96 Å². The fourth-order valence-electron chi connectivity index (χ4n) is 3.28. The predicted molar refractivity (Wildman–Crippen MR) is 115 cm³/mol. The van der Waals surface area contributed by atoms with Crippen molar-refractivity contribution in [3.8, 4) is 0 Å². The smallest absolute Gasteiger partial charge is 0.191 e. The first-order chi connectivity index (χ1) is 12.8. The molecular formula is C20H41N7. The minimum Gasteiger partial charge on any atom is -0.357 e. The number of hydrogen-bond donors (Lipinski definition) is 2. The average Bonchev–Trinajstić information content (AvgIpc) is 2.99. The van der Waals surface area contributed by atoms with Gasteiger partial charge in [-0.1, -0.05) is 0 Å². The molecule has 1 aromatic heterocycles.